The Bertz CT molecular complexity index is 3550. The Morgan fingerprint density at radius 1 is 0.274 bits per heavy atom. The van der Waals surface area contributed by atoms with E-state index in [0.29, 0.717) is 17.5 Å². The van der Waals surface area contributed by atoms with Gasteiger partial charge in [0.15, 0.2) is 17.5 Å². The van der Waals surface area contributed by atoms with Crippen molar-refractivity contribution < 1.29 is 0 Å². The Morgan fingerprint density at radius 3 is 1.45 bits per heavy atom. The van der Waals surface area contributed by atoms with Gasteiger partial charge in [-0.05, 0) is 53.1 Å². The summed E-state index contributed by atoms with van der Waals surface area (Å²) in [6, 6.07) is 79.3. The Hall–Kier alpha value is -8.41. The maximum absolute atomic E-state index is 5.19. The number of hydrogen-bond acceptors (Lipinski definition) is 3. The van der Waals surface area contributed by atoms with Crippen LogP contribution in [0.5, 0.6) is 0 Å². The monoisotopic (exact) mass is 791 g/mol. The summed E-state index contributed by atoms with van der Waals surface area (Å²) in [5.74, 6) is 1.87. The third-order valence-electron chi connectivity index (χ3n) is 12.0. The fraction of sp³-hybridized carbons (Fsp3) is 0. The fourth-order valence-corrected chi connectivity index (χ4v) is 9.19. The van der Waals surface area contributed by atoms with Crippen LogP contribution >= 0.6 is 0 Å². The number of para-hydroxylation sites is 3. The van der Waals surface area contributed by atoms with E-state index in [1.54, 1.807) is 0 Å². The van der Waals surface area contributed by atoms with Crippen molar-refractivity contribution in [3.8, 4) is 67.8 Å². The van der Waals surface area contributed by atoms with E-state index in [-0.39, 0.29) is 0 Å². The highest BCUT2D eigenvalue weighted by molar-refractivity contribution is 6.26. The Morgan fingerprint density at radius 2 is 0.790 bits per heavy atom. The van der Waals surface area contributed by atoms with Crippen molar-refractivity contribution in [2.75, 3.05) is 0 Å². The molecule has 12 rings (SSSR count). The smallest absolute Gasteiger partial charge is 0.166 e. The average Bonchev–Trinajstić information content (AvgIpc) is 3.87. The molecule has 5 heteroatoms. The van der Waals surface area contributed by atoms with E-state index in [0.717, 1.165) is 66.6 Å². The standard InChI is InChI=1S/C57H37N5/c1-5-19-38(20-6-1)42-33-34-43(39-21-7-2-8-22-39)52(37-42)62-48-30-16-13-27-44(48)45-35-36-51-53(54(45)62)46-28-14-17-31-49(46)61(51)50-32-18-15-29-47(50)57-59-55(40-23-9-3-10-24-40)58-56(60-57)41-25-11-4-12-26-41/h1-37H. The second kappa shape index (κ2) is 14.7. The first-order chi connectivity index (χ1) is 30.8. The van der Waals surface area contributed by atoms with Crippen molar-refractivity contribution in [3.63, 3.8) is 0 Å². The van der Waals surface area contributed by atoms with Gasteiger partial charge >= 0.3 is 0 Å². The third kappa shape index (κ3) is 5.82. The number of benzene rings is 9. The van der Waals surface area contributed by atoms with Crippen molar-refractivity contribution in [1.82, 2.24) is 24.1 Å². The molecule has 9 aromatic carbocycles. The number of hydrogen-bond donors (Lipinski definition) is 0. The molecule has 0 amide bonds. The highest BCUT2D eigenvalue weighted by Crippen LogP contribution is 2.45. The summed E-state index contributed by atoms with van der Waals surface area (Å²) in [5.41, 5.74) is 14.1. The Labute approximate surface area is 358 Å². The number of aromatic nitrogens is 5. The van der Waals surface area contributed by atoms with Crippen molar-refractivity contribution in [3.05, 3.63) is 224 Å². The molecule has 12 aromatic rings. The molecule has 3 aromatic heterocycles. The van der Waals surface area contributed by atoms with Gasteiger partial charge in [0.05, 0.1) is 33.4 Å². The first-order valence-corrected chi connectivity index (χ1v) is 21.0. The number of rotatable bonds is 7. The van der Waals surface area contributed by atoms with Gasteiger partial charge in [-0.3, -0.25) is 0 Å². The molecule has 0 spiro atoms. The van der Waals surface area contributed by atoms with E-state index < -0.39 is 0 Å². The molecule has 0 aliphatic carbocycles. The summed E-state index contributed by atoms with van der Waals surface area (Å²) >= 11 is 0. The van der Waals surface area contributed by atoms with Crippen molar-refractivity contribution in [2.45, 2.75) is 0 Å². The van der Waals surface area contributed by atoms with Gasteiger partial charge in [0.2, 0.25) is 0 Å². The lowest BCUT2D eigenvalue weighted by atomic mass is 9.97. The minimum atomic E-state index is 0.611. The summed E-state index contributed by atoms with van der Waals surface area (Å²) in [6.45, 7) is 0. The topological polar surface area (TPSA) is 48.5 Å². The van der Waals surface area contributed by atoms with Gasteiger partial charge in [-0.2, -0.15) is 0 Å². The molecule has 0 N–H and O–H groups in total. The van der Waals surface area contributed by atoms with Crippen molar-refractivity contribution in [1.29, 1.82) is 0 Å². The molecule has 0 aliphatic rings. The highest BCUT2D eigenvalue weighted by atomic mass is 15.1. The molecule has 0 unspecified atom stereocenters. The summed E-state index contributed by atoms with van der Waals surface area (Å²) in [5, 5.41) is 4.75. The molecule has 0 saturated heterocycles. The first-order valence-electron chi connectivity index (χ1n) is 21.0. The van der Waals surface area contributed by atoms with E-state index in [1.807, 2.05) is 36.4 Å². The SMILES string of the molecule is c1ccc(-c2ccc(-c3ccccc3)c(-n3c4ccccc4c4ccc5c(c6ccccc6n5-c5ccccc5-c5nc(-c6ccccc6)nc(-c6ccccc6)n5)c43)c2)cc1. The maximum Gasteiger partial charge on any atom is 0.166 e. The summed E-state index contributed by atoms with van der Waals surface area (Å²) in [4.78, 5) is 15.4. The van der Waals surface area contributed by atoms with Gasteiger partial charge in [0, 0.05) is 43.8 Å². The molecular weight excluding hydrogens is 755 g/mol. The van der Waals surface area contributed by atoms with Gasteiger partial charge in [-0.1, -0.05) is 188 Å². The van der Waals surface area contributed by atoms with Crippen LogP contribution in [0.1, 0.15) is 0 Å². The lowest BCUT2D eigenvalue weighted by molar-refractivity contribution is 1.06. The third-order valence-corrected chi connectivity index (χ3v) is 12.0. The molecule has 5 nitrogen and oxygen atoms in total. The molecule has 0 fully saturated rings. The van der Waals surface area contributed by atoms with Crippen LogP contribution in [-0.2, 0) is 0 Å². The average molecular weight is 792 g/mol. The van der Waals surface area contributed by atoms with Crippen LogP contribution in [0.4, 0.5) is 0 Å². The molecule has 0 radical (unpaired) electrons. The zero-order valence-electron chi connectivity index (χ0n) is 33.6. The van der Waals surface area contributed by atoms with E-state index in [9.17, 15) is 0 Å². The molecule has 62 heavy (non-hydrogen) atoms. The van der Waals surface area contributed by atoms with E-state index >= 15 is 0 Å². The lowest BCUT2D eigenvalue weighted by Gasteiger charge is -2.17. The van der Waals surface area contributed by atoms with E-state index in [4.69, 9.17) is 15.0 Å². The second-order valence-corrected chi connectivity index (χ2v) is 15.6. The molecular formula is C57H37N5. The summed E-state index contributed by atoms with van der Waals surface area (Å²) < 4.78 is 4.91. The van der Waals surface area contributed by atoms with Crippen LogP contribution in [-0.4, -0.2) is 24.1 Å². The van der Waals surface area contributed by atoms with Crippen LogP contribution < -0.4 is 0 Å². The largest absolute Gasteiger partial charge is 0.308 e. The fourth-order valence-electron chi connectivity index (χ4n) is 9.19. The highest BCUT2D eigenvalue weighted by Gasteiger charge is 2.24. The molecule has 3 heterocycles. The van der Waals surface area contributed by atoms with Gasteiger partial charge in [0.1, 0.15) is 0 Å². The van der Waals surface area contributed by atoms with Crippen LogP contribution in [0, 0.1) is 0 Å². The van der Waals surface area contributed by atoms with Gasteiger partial charge < -0.3 is 9.13 Å². The van der Waals surface area contributed by atoms with Gasteiger partial charge in [0.25, 0.3) is 0 Å². The predicted molar refractivity (Wildman–Crippen MR) is 256 cm³/mol. The number of nitrogens with zero attached hydrogens (tertiary/aromatic N) is 5. The van der Waals surface area contributed by atoms with Crippen LogP contribution in [0.25, 0.3) is 111 Å². The normalized spacial score (nSPS) is 11.5. The summed E-state index contributed by atoms with van der Waals surface area (Å²) in [6.07, 6.45) is 0. The van der Waals surface area contributed by atoms with Gasteiger partial charge in [-0.15, -0.1) is 0 Å². The second-order valence-electron chi connectivity index (χ2n) is 15.6. The van der Waals surface area contributed by atoms with Crippen molar-refractivity contribution in [2.24, 2.45) is 0 Å². The number of fused-ring (bicyclic) bond motifs is 7. The molecule has 0 atom stereocenters. The Balaban J connectivity index is 1.17. The van der Waals surface area contributed by atoms with Gasteiger partial charge in [-0.25, -0.2) is 15.0 Å². The minimum absolute atomic E-state index is 0.611. The predicted octanol–water partition coefficient (Wildman–Crippen LogP) is 14.4. The molecule has 290 valence electrons. The zero-order chi connectivity index (χ0) is 41.0. The quantitative estimate of drug-likeness (QED) is 0.162. The lowest BCUT2D eigenvalue weighted by Crippen LogP contribution is -2.03. The first kappa shape index (κ1) is 35.5. The zero-order valence-corrected chi connectivity index (χ0v) is 33.6. The van der Waals surface area contributed by atoms with Crippen LogP contribution in [0.3, 0.4) is 0 Å². The van der Waals surface area contributed by atoms with E-state index in [1.165, 1.54) is 27.3 Å². The van der Waals surface area contributed by atoms with E-state index in [2.05, 4.69) is 197 Å². The Kier molecular flexibility index (Phi) is 8.42. The summed E-state index contributed by atoms with van der Waals surface area (Å²) in [7, 11) is 0. The van der Waals surface area contributed by atoms with Crippen molar-refractivity contribution >= 4 is 43.6 Å². The minimum Gasteiger partial charge on any atom is -0.308 e. The molecule has 0 saturated carbocycles. The maximum atomic E-state index is 5.19. The van der Waals surface area contributed by atoms with Crippen LogP contribution in [0.15, 0.2) is 224 Å². The van der Waals surface area contributed by atoms with Crippen LogP contribution in [0.2, 0.25) is 0 Å². The molecule has 0 aliphatic heterocycles. The molecule has 0 bridgehead atoms.